The van der Waals surface area contributed by atoms with Crippen molar-refractivity contribution in [3.8, 4) is 11.8 Å². The molecule has 0 spiro atoms. The van der Waals surface area contributed by atoms with Gasteiger partial charge in [-0.05, 0) is 63.2 Å². The molecule has 0 N–H and O–H groups in total. The highest BCUT2D eigenvalue weighted by Gasteiger charge is 2.21. The van der Waals surface area contributed by atoms with Gasteiger partial charge in [0.1, 0.15) is 0 Å². The van der Waals surface area contributed by atoms with Crippen LogP contribution in [0.25, 0.3) is 0 Å². The maximum Gasteiger partial charge on any atom is 0.0203 e. The van der Waals surface area contributed by atoms with Gasteiger partial charge in [-0.15, -0.1) is 0 Å². The van der Waals surface area contributed by atoms with Crippen molar-refractivity contribution in [2.75, 3.05) is 0 Å². The van der Waals surface area contributed by atoms with E-state index >= 15 is 0 Å². The van der Waals surface area contributed by atoms with Crippen molar-refractivity contribution < 1.29 is 0 Å². The van der Waals surface area contributed by atoms with Gasteiger partial charge < -0.3 is 0 Å². The second-order valence-electron chi connectivity index (χ2n) is 8.01. The van der Waals surface area contributed by atoms with Gasteiger partial charge in [-0.1, -0.05) is 64.2 Å². The molecule has 2 rings (SSSR count). The molecule has 0 aromatic carbocycles. The van der Waals surface area contributed by atoms with Crippen LogP contribution >= 0.6 is 0 Å². The van der Waals surface area contributed by atoms with E-state index in [-0.39, 0.29) is 0 Å². The summed E-state index contributed by atoms with van der Waals surface area (Å²) in [5, 5.41) is 0. The van der Waals surface area contributed by atoms with Crippen LogP contribution in [-0.4, -0.2) is 0 Å². The van der Waals surface area contributed by atoms with Gasteiger partial charge in [-0.25, -0.2) is 0 Å². The maximum atomic E-state index is 3.68. The van der Waals surface area contributed by atoms with Crippen molar-refractivity contribution in [3.63, 3.8) is 0 Å². The predicted octanol–water partition coefficient (Wildman–Crippen LogP) is 6.98. The van der Waals surface area contributed by atoms with Crippen molar-refractivity contribution in [3.05, 3.63) is 0 Å². The summed E-state index contributed by atoms with van der Waals surface area (Å²) in [7, 11) is 0. The van der Waals surface area contributed by atoms with Crippen molar-refractivity contribution in [2.24, 2.45) is 23.7 Å². The molecule has 2 saturated carbocycles. The van der Waals surface area contributed by atoms with Crippen LogP contribution in [0.1, 0.15) is 104 Å². The lowest BCUT2D eigenvalue weighted by atomic mass is 9.78. The first-order valence-electron chi connectivity index (χ1n) is 10.3. The SMILES string of the molecule is CCCCC1CCC(C#CC2CCC(CCCC)CC2)CC1. The Hall–Kier alpha value is -0.440. The van der Waals surface area contributed by atoms with E-state index in [1.54, 1.807) is 0 Å². The summed E-state index contributed by atoms with van der Waals surface area (Å²) in [4.78, 5) is 0. The molecule has 0 saturated heterocycles. The molecule has 2 aliphatic carbocycles. The van der Waals surface area contributed by atoms with Gasteiger partial charge in [0.25, 0.3) is 0 Å². The Morgan fingerprint density at radius 2 is 0.955 bits per heavy atom. The highest BCUT2D eigenvalue weighted by atomic mass is 14.3. The molecule has 0 heterocycles. The molecule has 2 aliphatic rings. The molecule has 0 amide bonds. The molecule has 22 heavy (non-hydrogen) atoms. The zero-order valence-corrected chi connectivity index (χ0v) is 15.2. The van der Waals surface area contributed by atoms with E-state index in [1.807, 2.05) is 0 Å². The van der Waals surface area contributed by atoms with E-state index in [1.165, 1.54) is 89.9 Å². The lowest BCUT2D eigenvalue weighted by Gasteiger charge is -2.27. The van der Waals surface area contributed by atoms with Gasteiger partial charge >= 0.3 is 0 Å². The minimum Gasteiger partial charge on any atom is -0.0996 e. The van der Waals surface area contributed by atoms with Crippen LogP contribution in [0, 0.1) is 35.5 Å². The quantitative estimate of drug-likeness (QED) is 0.464. The van der Waals surface area contributed by atoms with Crippen molar-refractivity contribution in [1.82, 2.24) is 0 Å². The van der Waals surface area contributed by atoms with Crippen LogP contribution in [0.3, 0.4) is 0 Å². The summed E-state index contributed by atoms with van der Waals surface area (Å²) in [5.41, 5.74) is 0. The molecule has 0 atom stereocenters. The molecule has 0 nitrogen and oxygen atoms in total. The molecule has 0 heteroatoms. The summed E-state index contributed by atoms with van der Waals surface area (Å²) in [6.45, 7) is 4.63. The highest BCUT2D eigenvalue weighted by Crippen LogP contribution is 2.33. The smallest absolute Gasteiger partial charge is 0.0203 e. The van der Waals surface area contributed by atoms with Gasteiger partial charge in [0.2, 0.25) is 0 Å². The van der Waals surface area contributed by atoms with E-state index < -0.39 is 0 Å². The number of hydrogen-bond donors (Lipinski definition) is 0. The van der Waals surface area contributed by atoms with Crippen LogP contribution in [0.15, 0.2) is 0 Å². The van der Waals surface area contributed by atoms with Crippen LogP contribution < -0.4 is 0 Å². The average molecular weight is 303 g/mol. The Morgan fingerprint density at radius 1 is 0.591 bits per heavy atom. The van der Waals surface area contributed by atoms with E-state index in [0.717, 1.165) is 23.7 Å². The van der Waals surface area contributed by atoms with Crippen LogP contribution in [0.5, 0.6) is 0 Å². The monoisotopic (exact) mass is 302 g/mol. The fourth-order valence-electron chi connectivity index (χ4n) is 4.41. The lowest BCUT2D eigenvalue weighted by molar-refractivity contribution is 0.290. The number of hydrogen-bond acceptors (Lipinski definition) is 0. The minimum atomic E-state index is 0.732. The zero-order valence-electron chi connectivity index (χ0n) is 15.2. The van der Waals surface area contributed by atoms with Crippen molar-refractivity contribution in [2.45, 2.75) is 104 Å². The zero-order chi connectivity index (χ0) is 15.6. The molecule has 2 fully saturated rings. The lowest BCUT2D eigenvalue weighted by Crippen LogP contribution is -2.15. The third-order valence-corrected chi connectivity index (χ3v) is 6.12. The number of unbranched alkanes of at least 4 members (excludes halogenated alkanes) is 2. The Balaban J connectivity index is 1.63. The van der Waals surface area contributed by atoms with Crippen LogP contribution in [-0.2, 0) is 0 Å². The Morgan fingerprint density at radius 3 is 1.27 bits per heavy atom. The molecule has 0 aromatic rings. The molecule has 0 aromatic heterocycles. The molecule has 0 radical (unpaired) electrons. The fraction of sp³-hybridized carbons (Fsp3) is 0.909. The first kappa shape index (κ1) is 17.9. The third-order valence-electron chi connectivity index (χ3n) is 6.12. The predicted molar refractivity (Wildman–Crippen MR) is 97.7 cm³/mol. The highest BCUT2D eigenvalue weighted by molar-refractivity contribution is 5.09. The standard InChI is InChI=1S/C22H38/c1-3-5-7-19-9-13-21(14-10-19)17-18-22-15-11-20(12-16-22)8-6-4-2/h19-22H,3-16H2,1-2H3. The Bertz CT molecular complexity index is 297. The second kappa shape index (κ2) is 10.4. The van der Waals surface area contributed by atoms with E-state index in [9.17, 15) is 0 Å². The first-order valence-corrected chi connectivity index (χ1v) is 10.3. The Kier molecular flexibility index (Phi) is 8.43. The molecule has 0 unspecified atom stereocenters. The summed E-state index contributed by atoms with van der Waals surface area (Å²) < 4.78 is 0. The van der Waals surface area contributed by atoms with Crippen molar-refractivity contribution in [1.29, 1.82) is 0 Å². The summed E-state index contributed by atoms with van der Waals surface area (Å²) in [6, 6.07) is 0. The average Bonchev–Trinajstić information content (AvgIpc) is 2.58. The van der Waals surface area contributed by atoms with Gasteiger partial charge in [0.05, 0.1) is 0 Å². The molecular formula is C22H38. The number of rotatable bonds is 6. The fourth-order valence-corrected chi connectivity index (χ4v) is 4.41. The largest absolute Gasteiger partial charge is 0.0996 e. The maximum absolute atomic E-state index is 3.68. The second-order valence-corrected chi connectivity index (χ2v) is 8.01. The van der Waals surface area contributed by atoms with Crippen LogP contribution in [0.2, 0.25) is 0 Å². The topological polar surface area (TPSA) is 0 Å². The Labute approximate surface area is 139 Å². The molecule has 0 aliphatic heterocycles. The molecular weight excluding hydrogens is 264 g/mol. The summed E-state index contributed by atoms with van der Waals surface area (Å²) >= 11 is 0. The normalized spacial score (nSPS) is 32.3. The summed E-state index contributed by atoms with van der Waals surface area (Å²) in [5.74, 6) is 10.9. The van der Waals surface area contributed by atoms with Gasteiger partial charge in [0, 0.05) is 11.8 Å². The van der Waals surface area contributed by atoms with E-state index in [2.05, 4.69) is 25.7 Å². The first-order chi connectivity index (χ1) is 10.8. The van der Waals surface area contributed by atoms with E-state index in [0.29, 0.717) is 0 Å². The van der Waals surface area contributed by atoms with Crippen LogP contribution in [0.4, 0.5) is 0 Å². The van der Waals surface area contributed by atoms with Crippen molar-refractivity contribution >= 4 is 0 Å². The van der Waals surface area contributed by atoms with E-state index in [4.69, 9.17) is 0 Å². The van der Waals surface area contributed by atoms with Gasteiger partial charge in [-0.2, -0.15) is 0 Å². The minimum absolute atomic E-state index is 0.732. The van der Waals surface area contributed by atoms with Gasteiger partial charge in [-0.3, -0.25) is 0 Å². The summed E-state index contributed by atoms with van der Waals surface area (Å²) in [6.07, 6.45) is 19.8. The molecule has 126 valence electrons. The molecule has 0 bridgehead atoms. The van der Waals surface area contributed by atoms with Gasteiger partial charge in [0.15, 0.2) is 0 Å². The third kappa shape index (κ3) is 6.36.